The van der Waals surface area contributed by atoms with Crippen LogP contribution >= 0.6 is 11.8 Å². The average molecular weight is 322 g/mol. The highest BCUT2D eigenvalue weighted by atomic mass is 32.2. The summed E-state index contributed by atoms with van der Waals surface area (Å²) < 4.78 is 6.04. The number of thioether (sulfide) groups is 1. The van der Waals surface area contributed by atoms with Crippen molar-refractivity contribution in [2.45, 2.75) is 36.2 Å². The van der Waals surface area contributed by atoms with Gasteiger partial charge in [-0.25, -0.2) is 0 Å². The van der Waals surface area contributed by atoms with Crippen molar-refractivity contribution in [2.75, 3.05) is 0 Å². The molecule has 2 nitrogen and oxygen atoms in total. The first-order valence-corrected chi connectivity index (χ1v) is 9.34. The first-order chi connectivity index (χ1) is 11.3. The number of Topliss-reactive ketones (excluding diaryl/α,β-unsaturated/α-hetero) is 1. The lowest BCUT2D eigenvalue weighted by atomic mass is 9.89. The van der Waals surface area contributed by atoms with Crippen molar-refractivity contribution >= 4 is 39.5 Å². The second kappa shape index (κ2) is 5.13. The first-order valence-electron chi connectivity index (χ1n) is 8.39. The maximum atomic E-state index is 13.1. The molecule has 0 amide bonds. The van der Waals surface area contributed by atoms with Gasteiger partial charge >= 0.3 is 0 Å². The highest BCUT2D eigenvalue weighted by Gasteiger charge is 2.38. The summed E-state index contributed by atoms with van der Waals surface area (Å²) in [4.78, 5) is 13.1. The molecule has 0 N–H and O–H groups in total. The number of ketones is 1. The Labute approximate surface area is 139 Å². The number of furan rings is 1. The van der Waals surface area contributed by atoms with E-state index in [-0.39, 0.29) is 11.7 Å². The molecule has 2 bridgehead atoms. The van der Waals surface area contributed by atoms with Gasteiger partial charge in [0.05, 0.1) is 5.56 Å². The van der Waals surface area contributed by atoms with Crippen LogP contribution in [0.4, 0.5) is 0 Å². The molecule has 2 fully saturated rings. The largest absolute Gasteiger partial charge is 0.455 e. The van der Waals surface area contributed by atoms with Crippen LogP contribution in [0.15, 0.2) is 46.9 Å². The van der Waals surface area contributed by atoms with Gasteiger partial charge in [0.2, 0.25) is 0 Å². The molecule has 2 aromatic carbocycles. The Hall–Kier alpha value is -1.74. The fourth-order valence-electron chi connectivity index (χ4n) is 4.23. The van der Waals surface area contributed by atoms with E-state index in [4.69, 9.17) is 4.42 Å². The average Bonchev–Trinajstić information content (AvgIpc) is 3.13. The van der Waals surface area contributed by atoms with Crippen molar-refractivity contribution in [3.8, 4) is 0 Å². The van der Waals surface area contributed by atoms with Gasteiger partial charge in [0.1, 0.15) is 11.2 Å². The summed E-state index contributed by atoms with van der Waals surface area (Å²) in [7, 11) is 0. The third-order valence-corrected chi connectivity index (χ3v) is 6.96. The molecule has 2 aliphatic heterocycles. The molecule has 2 atom stereocenters. The zero-order chi connectivity index (χ0) is 15.4. The molecule has 0 radical (unpaired) electrons. The van der Waals surface area contributed by atoms with E-state index in [0.29, 0.717) is 10.5 Å². The molecule has 0 spiro atoms. The lowest BCUT2D eigenvalue weighted by Crippen LogP contribution is -2.24. The Balaban J connectivity index is 1.61. The molecule has 2 unspecified atom stereocenters. The van der Waals surface area contributed by atoms with Crippen molar-refractivity contribution in [1.82, 2.24) is 0 Å². The van der Waals surface area contributed by atoms with Crippen molar-refractivity contribution in [1.29, 1.82) is 0 Å². The van der Waals surface area contributed by atoms with Gasteiger partial charge in [0, 0.05) is 27.2 Å². The molecule has 2 saturated heterocycles. The lowest BCUT2D eigenvalue weighted by Gasteiger charge is -2.26. The van der Waals surface area contributed by atoms with Crippen LogP contribution in [0.25, 0.3) is 21.9 Å². The van der Waals surface area contributed by atoms with Gasteiger partial charge in [-0.3, -0.25) is 4.79 Å². The number of fused-ring (bicyclic) bond motifs is 5. The monoisotopic (exact) mass is 322 g/mol. The SMILES string of the molecule is O=C(c1cccc2c1oc1ccccc12)C1CC2CCC(C1)S2. The molecule has 116 valence electrons. The van der Waals surface area contributed by atoms with E-state index in [9.17, 15) is 4.79 Å². The van der Waals surface area contributed by atoms with Gasteiger partial charge in [-0.1, -0.05) is 30.3 Å². The number of para-hydroxylation sites is 2. The summed E-state index contributed by atoms with van der Waals surface area (Å²) in [6.07, 6.45) is 4.65. The fraction of sp³-hybridized carbons (Fsp3) is 0.350. The highest BCUT2D eigenvalue weighted by molar-refractivity contribution is 8.00. The van der Waals surface area contributed by atoms with Crippen molar-refractivity contribution in [3.63, 3.8) is 0 Å². The van der Waals surface area contributed by atoms with Gasteiger partial charge in [-0.2, -0.15) is 11.8 Å². The van der Waals surface area contributed by atoms with Crippen LogP contribution in [0.5, 0.6) is 0 Å². The van der Waals surface area contributed by atoms with E-state index < -0.39 is 0 Å². The predicted molar refractivity (Wildman–Crippen MR) is 95.2 cm³/mol. The van der Waals surface area contributed by atoms with Crippen LogP contribution in [0, 0.1) is 5.92 Å². The summed E-state index contributed by atoms with van der Waals surface area (Å²) in [5.41, 5.74) is 2.40. The summed E-state index contributed by atoms with van der Waals surface area (Å²) in [5, 5.41) is 3.53. The molecular weight excluding hydrogens is 304 g/mol. The molecule has 3 aromatic rings. The van der Waals surface area contributed by atoms with E-state index in [1.54, 1.807) is 0 Å². The lowest BCUT2D eigenvalue weighted by molar-refractivity contribution is 0.0907. The van der Waals surface area contributed by atoms with Gasteiger partial charge in [0.15, 0.2) is 5.78 Å². The summed E-state index contributed by atoms with van der Waals surface area (Å²) in [5.74, 6) is 0.458. The number of benzene rings is 2. The summed E-state index contributed by atoms with van der Waals surface area (Å²) in [6, 6.07) is 14.0. The number of hydrogen-bond acceptors (Lipinski definition) is 3. The second-order valence-corrected chi connectivity index (χ2v) is 8.38. The molecule has 1 aromatic heterocycles. The van der Waals surface area contributed by atoms with Gasteiger partial charge in [-0.05, 0) is 37.8 Å². The molecule has 0 saturated carbocycles. The van der Waals surface area contributed by atoms with Crippen LogP contribution in [0.3, 0.4) is 0 Å². The normalized spacial score (nSPS) is 26.9. The van der Waals surface area contributed by atoms with Crippen molar-refractivity contribution in [2.24, 2.45) is 5.92 Å². The van der Waals surface area contributed by atoms with Crippen LogP contribution in [-0.2, 0) is 0 Å². The standard InChI is InChI=1S/C20H18O2S/c21-19(12-10-13-8-9-14(11-12)23-13)17-6-3-5-16-15-4-1-2-7-18(15)22-20(16)17/h1-7,12-14H,8-11H2. The van der Waals surface area contributed by atoms with Gasteiger partial charge in [-0.15, -0.1) is 0 Å². The molecule has 0 aliphatic carbocycles. The minimum Gasteiger partial charge on any atom is -0.455 e. The Bertz CT molecular complexity index is 898. The number of hydrogen-bond donors (Lipinski definition) is 0. The zero-order valence-electron chi connectivity index (χ0n) is 12.8. The number of rotatable bonds is 2. The van der Waals surface area contributed by atoms with Crippen molar-refractivity contribution in [3.05, 3.63) is 48.0 Å². The van der Waals surface area contributed by atoms with E-state index in [1.807, 2.05) is 30.3 Å². The molecular formula is C20H18O2S. The Kier molecular flexibility index (Phi) is 3.05. The third kappa shape index (κ3) is 2.13. The van der Waals surface area contributed by atoms with E-state index >= 15 is 0 Å². The van der Waals surface area contributed by atoms with Crippen LogP contribution in [-0.4, -0.2) is 16.3 Å². The summed E-state index contributed by atoms with van der Waals surface area (Å²) >= 11 is 2.10. The Morgan fingerprint density at radius 3 is 2.52 bits per heavy atom. The smallest absolute Gasteiger partial charge is 0.169 e. The van der Waals surface area contributed by atoms with Crippen LogP contribution < -0.4 is 0 Å². The highest BCUT2D eigenvalue weighted by Crippen LogP contribution is 2.47. The number of carbonyl (C=O) groups excluding carboxylic acids is 1. The van der Waals surface area contributed by atoms with Crippen LogP contribution in [0.1, 0.15) is 36.0 Å². The molecule has 3 heteroatoms. The maximum absolute atomic E-state index is 13.1. The minimum absolute atomic E-state index is 0.174. The fourth-order valence-corrected chi connectivity index (χ4v) is 6.01. The molecule has 5 rings (SSSR count). The van der Waals surface area contributed by atoms with E-state index in [0.717, 1.165) is 40.3 Å². The second-order valence-electron chi connectivity index (χ2n) is 6.77. The molecule has 23 heavy (non-hydrogen) atoms. The zero-order valence-corrected chi connectivity index (χ0v) is 13.6. The summed E-state index contributed by atoms with van der Waals surface area (Å²) in [6.45, 7) is 0. The molecule has 3 heterocycles. The van der Waals surface area contributed by atoms with Gasteiger partial charge in [0.25, 0.3) is 0 Å². The molecule has 2 aliphatic rings. The van der Waals surface area contributed by atoms with Gasteiger partial charge < -0.3 is 4.42 Å². The first kappa shape index (κ1) is 13.7. The Morgan fingerprint density at radius 2 is 1.70 bits per heavy atom. The predicted octanol–water partition coefficient (Wildman–Crippen LogP) is 5.44. The maximum Gasteiger partial charge on any atom is 0.169 e. The minimum atomic E-state index is 0.174. The third-order valence-electron chi connectivity index (χ3n) is 5.33. The van der Waals surface area contributed by atoms with E-state index in [1.165, 1.54) is 12.8 Å². The van der Waals surface area contributed by atoms with Crippen LogP contribution in [0.2, 0.25) is 0 Å². The van der Waals surface area contributed by atoms with E-state index in [2.05, 4.69) is 23.9 Å². The van der Waals surface area contributed by atoms with Crippen molar-refractivity contribution < 1.29 is 9.21 Å². The Morgan fingerprint density at radius 1 is 0.957 bits per heavy atom. The number of carbonyl (C=O) groups is 1. The quantitative estimate of drug-likeness (QED) is 0.588. The topological polar surface area (TPSA) is 30.2 Å².